The summed E-state index contributed by atoms with van der Waals surface area (Å²) in [6.07, 6.45) is 2.04. The van der Waals surface area contributed by atoms with E-state index < -0.39 is 0 Å². The predicted molar refractivity (Wildman–Crippen MR) is 70.3 cm³/mol. The van der Waals surface area contributed by atoms with Gasteiger partial charge in [0.25, 0.3) is 0 Å². The zero-order valence-corrected chi connectivity index (χ0v) is 10.3. The van der Waals surface area contributed by atoms with E-state index in [9.17, 15) is 5.11 Å². The van der Waals surface area contributed by atoms with E-state index in [1.165, 1.54) is 4.90 Å². The van der Waals surface area contributed by atoms with Gasteiger partial charge in [0.05, 0.1) is 5.02 Å². The van der Waals surface area contributed by atoms with Gasteiger partial charge in [0.15, 0.2) is 0 Å². The lowest BCUT2D eigenvalue weighted by Crippen LogP contribution is -1.79. The minimum absolute atomic E-state index is 0.119. The molecule has 0 aliphatic carbocycles. The molecule has 0 bridgehead atoms. The monoisotopic (exact) mass is 250 g/mol. The van der Waals surface area contributed by atoms with Gasteiger partial charge >= 0.3 is 0 Å². The first-order valence-electron chi connectivity index (χ1n) is 4.83. The molecule has 2 aromatic rings. The highest BCUT2D eigenvalue weighted by Gasteiger charge is 2.03. The van der Waals surface area contributed by atoms with Gasteiger partial charge in [-0.3, -0.25) is 0 Å². The average Bonchev–Trinajstić information content (AvgIpc) is 2.33. The summed E-state index contributed by atoms with van der Waals surface area (Å²) in [5, 5.41) is 9.93. The van der Waals surface area contributed by atoms with Crippen molar-refractivity contribution >= 4 is 23.4 Å². The van der Waals surface area contributed by atoms with Crippen molar-refractivity contribution in [3.05, 3.63) is 47.5 Å². The molecule has 0 saturated carbocycles. The van der Waals surface area contributed by atoms with Crippen molar-refractivity contribution in [3.8, 4) is 16.9 Å². The molecule has 0 amide bonds. The molecular weight excluding hydrogens is 240 g/mol. The van der Waals surface area contributed by atoms with Crippen LogP contribution in [0.1, 0.15) is 0 Å². The summed E-state index contributed by atoms with van der Waals surface area (Å²) in [5.74, 6) is 0.119. The molecular formula is C13H11ClOS. The van der Waals surface area contributed by atoms with Gasteiger partial charge in [-0.2, -0.15) is 0 Å². The summed E-state index contributed by atoms with van der Waals surface area (Å²) >= 11 is 7.47. The number of hydrogen-bond acceptors (Lipinski definition) is 2. The lowest BCUT2D eigenvalue weighted by atomic mass is 10.1. The summed E-state index contributed by atoms with van der Waals surface area (Å²) in [5.41, 5.74) is 2.05. The average molecular weight is 251 g/mol. The molecule has 0 aromatic heterocycles. The second kappa shape index (κ2) is 4.81. The Morgan fingerprint density at radius 2 is 1.81 bits per heavy atom. The maximum Gasteiger partial charge on any atom is 0.134 e. The number of aromatic hydroxyl groups is 1. The molecule has 3 heteroatoms. The van der Waals surface area contributed by atoms with Crippen LogP contribution in [0.4, 0.5) is 0 Å². The van der Waals surface area contributed by atoms with Crippen LogP contribution in [0.2, 0.25) is 5.02 Å². The summed E-state index contributed by atoms with van der Waals surface area (Å²) in [6.45, 7) is 0. The topological polar surface area (TPSA) is 20.2 Å². The highest BCUT2D eigenvalue weighted by atomic mass is 35.5. The van der Waals surface area contributed by atoms with Crippen LogP contribution in [0.15, 0.2) is 47.4 Å². The van der Waals surface area contributed by atoms with Gasteiger partial charge in [0.1, 0.15) is 5.75 Å². The number of hydrogen-bond donors (Lipinski definition) is 1. The second-order valence-electron chi connectivity index (χ2n) is 3.40. The zero-order valence-electron chi connectivity index (χ0n) is 8.77. The van der Waals surface area contributed by atoms with Crippen molar-refractivity contribution in [2.24, 2.45) is 0 Å². The van der Waals surface area contributed by atoms with E-state index in [-0.39, 0.29) is 5.75 Å². The van der Waals surface area contributed by atoms with E-state index in [1.54, 1.807) is 23.9 Å². The molecule has 0 heterocycles. The fraction of sp³-hybridized carbons (Fsp3) is 0.0769. The third-order valence-corrected chi connectivity index (χ3v) is 3.39. The molecule has 0 spiro atoms. The van der Waals surface area contributed by atoms with Crippen molar-refractivity contribution in [1.82, 2.24) is 0 Å². The molecule has 0 unspecified atom stereocenters. The fourth-order valence-corrected chi connectivity index (χ4v) is 2.07. The van der Waals surface area contributed by atoms with Gasteiger partial charge in [-0.25, -0.2) is 0 Å². The van der Waals surface area contributed by atoms with Crippen LogP contribution in [-0.4, -0.2) is 11.4 Å². The molecule has 2 aromatic carbocycles. The lowest BCUT2D eigenvalue weighted by molar-refractivity contribution is 0.476. The van der Waals surface area contributed by atoms with Crippen LogP contribution < -0.4 is 0 Å². The first-order valence-corrected chi connectivity index (χ1v) is 6.44. The number of halogens is 1. The van der Waals surface area contributed by atoms with Crippen LogP contribution in [0.5, 0.6) is 5.75 Å². The van der Waals surface area contributed by atoms with Crippen LogP contribution in [0.3, 0.4) is 0 Å². The predicted octanol–water partition coefficient (Wildman–Crippen LogP) is 4.43. The molecule has 16 heavy (non-hydrogen) atoms. The molecule has 0 atom stereocenters. The standard InChI is InChI=1S/C13H11ClOS/c1-16-11-4-2-3-9(7-11)10-5-6-12(14)13(15)8-10/h2-8,15H,1H3. The third kappa shape index (κ3) is 2.34. The number of benzene rings is 2. The first kappa shape index (κ1) is 11.4. The Hall–Kier alpha value is -1.12. The van der Waals surface area contributed by atoms with Gasteiger partial charge in [-0.05, 0) is 41.6 Å². The minimum atomic E-state index is 0.119. The highest BCUT2D eigenvalue weighted by molar-refractivity contribution is 7.98. The van der Waals surface area contributed by atoms with Crippen molar-refractivity contribution < 1.29 is 5.11 Å². The lowest BCUT2D eigenvalue weighted by Gasteiger charge is -2.05. The van der Waals surface area contributed by atoms with Crippen LogP contribution in [0.25, 0.3) is 11.1 Å². The Bertz CT molecular complexity index is 511. The Labute approximate surface area is 104 Å². The summed E-state index contributed by atoms with van der Waals surface area (Å²) < 4.78 is 0. The molecule has 0 radical (unpaired) electrons. The molecule has 1 nitrogen and oxygen atoms in total. The summed E-state index contributed by atoms with van der Waals surface area (Å²) in [4.78, 5) is 1.20. The molecule has 1 N–H and O–H groups in total. The molecule has 2 rings (SSSR count). The van der Waals surface area contributed by atoms with Gasteiger partial charge < -0.3 is 5.11 Å². The van der Waals surface area contributed by atoms with Crippen LogP contribution in [0, 0.1) is 0 Å². The van der Waals surface area contributed by atoms with Gasteiger partial charge in [0, 0.05) is 4.90 Å². The fourth-order valence-electron chi connectivity index (χ4n) is 1.49. The molecule has 0 aliphatic heterocycles. The van der Waals surface area contributed by atoms with Crippen LogP contribution >= 0.6 is 23.4 Å². The number of thioether (sulfide) groups is 1. The normalized spacial score (nSPS) is 10.4. The summed E-state index contributed by atoms with van der Waals surface area (Å²) in [6, 6.07) is 13.5. The van der Waals surface area contributed by atoms with Crippen LogP contribution in [-0.2, 0) is 0 Å². The maximum absolute atomic E-state index is 9.55. The Morgan fingerprint density at radius 1 is 1.06 bits per heavy atom. The van der Waals surface area contributed by atoms with E-state index >= 15 is 0 Å². The molecule has 0 aliphatic rings. The smallest absolute Gasteiger partial charge is 0.134 e. The Morgan fingerprint density at radius 3 is 2.50 bits per heavy atom. The van der Waals surface area contributed by atoms with E-state index in [2.05, 4.69) is 12.1 Å². The van der Waals surface area contributed by atoms with E-state index in [4.69, 9.17) is 11.6 Å². The first-order chi connectivity index (χ1) is 7.70. The Kier molecular flexibility index (Phi) is 3.42. The molecule has 0 saturated heterocycles. The highest BCUT2D eigenvalue weighted by Crippen LogP contribution is 2.30. The second-order valence-corrected chi connectivity index (χ2v) is 4.68. The van der Waals surface area contributed by atoms with Gasteiger partial charge in [-0.1, -0.05) is 29.8 Å². The number of rotatable bonds is 2. The number of phenols is 1. The van der Waals surface area contributed by atoms with E-state index in [0.717, 1.165) is 11.1 Å². The molecule has 0 fully saturated rings. The van der Waals surface area contributed by atoms with Gasteiger partial charge in [0.2, 0.25) is 0 Å². The van der Waals surface area contributed by atoms with Crippen molar-refractivity contribution in [2.75, 3.05) is 6.26 Å². The minimum Gasteiger partial charge on any atom is -0.506 e. The molecule has 82 valence electrons. The van der Waals surface area contributed by atoms with Crippen molar-refractivity contribution in [3.63, 3.8) is 0 Å². The van der Waals surface area contributed by atoms with Gasteiger partial charge in [-0.15, -0.1) is 11.8 Å². The largest absolute Gasteiger partial charge is 0.506 e. The quantitative estimate of drug-likeness (QED) is 0.796. The Balaban J connectivity index is 2.46. The van der Waals surface area contributed by atoms with Crippen molar-refractivity contribution in [1.29, 1.82) is 0 Å². The summed E-state index contributed by atoms with van der Waals surface area (Å²) in [7, 11) is 0. The zero-order chi connectivity index (χ0) is 11.5. The maximum atomic E-state index is 9.55. The SMILES string of the molecule is CSc1cccc(-c2ccc(Cl)c(O)c2)c1. The van der Waals surface area contributed by atoms with Crippen molar-refractivity contribution in [2.45, 2.75) is 4.90 Å². The third-order valence-electron chi connectivity index (χ3n) is 2.35. The van der Waals surface area contributed by atoms with E-state index in [0.29, 0.717) is 5.02 Å². The van der Waals surface area contributed by atoms with E-state index in [1.807, 2.05) is 24.5 Å². The number of phenolic OH excluding ortho intramolecular Hbond substituents is 1.